The molecule has 0 aliphatic carbocycles. The number of likely N-dealkylation sites (N-methyl/N-ethyl adjacent to an activating group) is 1. The van der Waals surface area contributed by atoms with Crippen LogP contribution in [0.5, 0.6) is 0 Å². The number of hydrogen-bond acceptors (Lipinski definition) is 4. The van der Waals surface area contributed by atoms with E-state index in [1.165, 1.54) is 4.68 Å². The fraction of sp³-hybridized carbons (Fsp3) is 0.692. The molecule has 0 amide bonds. The zero-order valence-corrected chi connectivity index (χ0v) is 13.9. The average Bonchev–Trinajstić information content (AvgIpc) is 2.28. The molecule has 0 bridgehead atoms. The third-order valence-electron chi connectivity index (χ3n) is 2.55. The lowest BCUT2D eigenvalue weighted by Crippen LogP contribution is -2.30. The summed E-state index contributed by atoms with van der Waals surface area (Å²) in [6.45, 7) is 8.57. The van der Waals surface area contributed by atoms with Gasteiger partial charge in [0.05, 0.1) is 18.4 Å². The molecule has 0 spiro atoms. The standard InChI is InChI=1S/C13H23BrN4O/c1-13(2,3)9-15-10-8-16-18(7-6-17(4)5)12(19)11(10)14/h8,15H,6-7,9H2,1-5H3. The van der Waals surface area contributed by atoms with Gasteiger partial charge in [-0.25, -0.2) is 4.68 Å². The van der Waals surface area contributed by atoms with E-state index in [-0.39, 0.29) is 11.0 Å². The number of halogens is 1. The van der Waals surface area contributed by atoms with Crippen molar-refractivity contribution in [2.75, 3.05) is 32.5 Å². The van der Waals surface area contributed by atoms with E-state index in [9.17, 15) is 4.79 Å². The summed E-state index contributed by atoms with van der Waals surface area (Å²) in [5, 5.41) is 7.45. The highest BCUT2D eigenvalue weighted by Gasteiger charge is 2.13. The van der Waals surface area contributed by atoms with E-state index in [0.717, 1.165) is 18.8 Å². The molecule has 0 aliphatic heterocycles. The summed E-state index contributed by atoms with van der Waals surface area (Å²) < 4.78 is 2.03. The number of nitrogens with one attached hydrogen (secondary N) is 1. The van der Waals surface area contributed by atoms with Gasteiger partial charge >= 0.3 is 0 Å². The molecule has 0 atom stereocenters. The van der Waals surface area contributed by atoms with Crippen LogP contribution in [0.2, 0.25) is 0 Å². The van der Waals surface area contributed by atoms with E-state index in [1.807, 2.05) is 19.0 Å². The predicted molar refractivity (Wildman–Crippen MR) is 82.7 cm³/mol. The molecule has 5 nitrogen and oxygen atoms in total. The Balaban J connectivity index is 2.83. The lowest BCUT2D eigenvalue weighted by molar-refractivity contribution is 0.367. The summed E-state index contributed by atoms with van der Waals surface area (Å²) in [4.78, 5) is 14.1. The zero-order valence-electron chi connectivity index (χ0n) is 12.3. The van der Waals surface area contributed by atoms with Crippen molar-refractivity contribution in [3.05, 3.63) is 21.0 Å². The first-order valence-electron chi connectivity index (χ1n) is 6.35. The van der Waals surface area contributed by atoms with Gasteiger partial charge in [0.2, 0.25) is 0 Å². The molecule has 6 heteroatoms. The quantitative estimate of drug-likeness (QED) is 0.897. The maximum absolute atomic E-state index is 12.1. The minimum atomic E-state index is -0.0965. The Hall–Kier alpha value is -0.880. The van der Waals surface area contributed by atoms with E-state index in [1.54, 1.807) is 6.20 Å². The van der Waals surface area contributed by atoms with Gasteiger partial charge in [-0.05, 0) is 35.4 Å². The van der Waals surface area contributed by atoms with Crippen molar-refractivity contribution in [2.24, 2.45) is 5.41 Å². The molecule has 0 saturated heterocycles. The van der Waals surface area contributed by atoms with Crippen LogP contribution in [0.15, 0.2) is 15.5 Å². The van der Waals surface area contributed by atoms with Crippen LogP contribution >= 0.6 is 15.9 Å². The number of rotatable bonds is 5. The fourth-order valence-corrected chi connectivity index (χ4v) is 1.85. The van der Waals surface area contributed by atoms with Gasteiger partial charge in [-0.2, -0.15) is 5.10 Å². The minimum absolute atomic E-state index is 0.0965. The second kappa shape index (κ2) is 6.52. The van der Waals surface area contributed by atoms with Gasteiger partial charge in [-0.3, -0.25) is 4.79 Å². The van der Waals surface area contributed by atoms with Gasteiger partial charge in [-0.1, -0.05) is 20.8 Å². The normalized spacial score (nSPS) is 11.9. The Morgan fingerprint density at radius 1 is 1.42 bits per heavy atom. The maximum atomic E-state index is 12.1. The van der Waals surface area contributed by atoms with Crippen LogP contribution in [0.1, 0.15) is 20.8 Å². The second-order valence-corrected chi connectivity index (χ2v) is 6.91. The summed E-state index contributed by atoms with van der Waals surface area (Å²) in [6.07, 6.45) is 1.70. The van der Waals surface area contributed by atoms with Crippen LogP contribution in [0.4, 0.5) is 5.69 Å². The summed E-state index contributed by atoms with van der Waals surface area (Å²) in [6, 6.07) is 0. The predicted octanol–water partition coefficient (Wildman–Crippen LogP) is 2.03. The Labute approximate surface area is 123 Å². The maximum Gasteiger partial charge on any atom is 0.283 e. The van der Waals surface area contributed by atoms with Crippen LogP contribution in [0.3, 0.4) is 0 Å². The highest BCUT2D eigenvalue weighted by atomic mass is 79.9. The number of anilines is 1. The minimum Gasteiger partial charge on any atom is -0.382 e. The van der Waals surface area contributed by atoms with Crippen LogP contribution < -0.4 is 10.9 Å². The number of nitrogens with zero attached hydrogens (tertiary/aromatic N) is 3. The Kier molecular flexibility index (Phi) is 5.55. The molecule has 0 radical (unpaired) electrons. The first-order valence-corrected chi connectivity index (χ1v) is 7.14. The molecule has 1 aromatic rings. The second-order valence-electron chi connectivity index (χ2n) is 6.12. The Bertz CT molecular complexity index is 477. The van der Waals surface area contributed by atoms with Crippen molar-refractivity contribution in [3.63, 3.8) is 0 Å². The van der Waals surface area contributed by atoms with Crippen molar-refractivity contribution in [1.29, 1.82) is 0 Å². The molecule has 108 valence electrons. The third kappa shape index (κ3) is 5.32. The molecule has 0 fully saturated rings. The van der Waals surface area contributed by atoms with Crippen molar-refractivity contribution in [2.45, 2.75) is 27.3 Å². The van der Waals surface area contributed by atoms with Gasteiger partial charge < -0.3 is 10.2 Å². The number of aromatic nitrogens is 2. The molecule has 0 unspecified atom stereocenters. The third-order valence-corrected chi connectivity index (χ3v) is 3.32. The number of hydrogen-bond donors (Lipinski definition) is 1. The fourth-order valence-electron chi connectivity index (χ4n) is 1.40. The summed E-state index contributed by atoms with van der Waals surface area (Å²) >= 11 is 3.36. The summed E-state index contributed by atoms with van der Waals surface area (Å²) in [7, 11) is 3.94. The average molecular weight is 331 g/mol. The van der Waals surface area contributed by atoms with Gasteiger partial charge in [-0.15, -0.1) is 0 Å². The van der Waals surface area contributed by atoms with Gasteiger partial charge in [0.25, 0.3) is 5.56 Å². The molecule has 1 rings (SSSR count). The van der Waals surface area contributed by atoms with E-state index < -0.39 is 0 Å². The lowest BCUT2D eigenvalue weighted by atomic mass is 9.97. The molecule has 0 aliphatic rings. The van der Waals surface area contributed by atoms with Crippen LogP contribution in [-0.2, 0) is 6.54 Å². The van der Waals surface area contributed by atoms with E-state index >= 15 is 0 Å². The van der Waals surface area contributed by atoms with Gasteiger partial charge in [0, 0.05) is 13.1 Å². The van der Waals surface area contributed by atoms with Crippen molar-refractivity contribution in [3.8, 4) is 0 Å². The van der Waals surface area contributed by atoms with Crippen molar-refractivity contribution < 1.29 is 0 Å². The topological polar surface area (TPSA) is 50.2 Å². The van der Waals surface area contributed by atoms with E-state index in [0.29, 0.717) is 11.0 Å². The van der Waals surface area contributed by atoms with Crippen LogP contribution in [0.25, 0.3) is 0 Å². The molecular formula is C13H23BrN4O. The summed E-state index contributed by atoms with van der Waals surface area (Å²) in [5.74, 6) is 0. The largest absolute Gasteiger partial charge is 0.382 e. The SMILES string of the molecule is CN(C)CCn1ncc(NCC(C)(C)C)c(Br)c1=O. The molecule has 1 heterocycles. The highest BCUT2D eigenvalue weighted by molar-refractivity contribution is 9.10. The Morgan fingerprint density at radius 2 is 2.05 bits per heavy atom. The van der Waals surface area contributed by atoms with Gasteiger partial charge in [0.15, 0.2) is 0 Å². The zero-order chi connectivity index (χ0) is 14.6. The molecule has 1 aromatic heterocycles. The van der Waals surface area contributed by atoms with E-state index in [2.05, 4.69) is 47.1 Å². The van der Waals surface area contributed by atoms with Gasteiger partial charge in [0.1, 0.15) is 4.47 Å². The van der Waals surface area contributed by atoms with Crippen molar-refractivity contribution in [1.82, 2.24) is 14.7 Å². The molecule has 0 aromatic carbocycles. The first-order chi connectivity index (χ1) is 8.70. The monoisotopic (exact) mass is 330 g/mol. The first kappa shape index (κ1) is 16.2. The molecular weight excluding hydrogens is 308 g/mol. The lowest BCUT2D eigenvalue weighted by Gasteiger charge is -2.20. The summed E-state index contributed by atoms with van der Waals surface area (Å²) in [5.41, 5.74) is 0.806. The van der Waals surface area contributed by atoms with Crippen LogP contribution in [-0.4, -0.2) is 41.9 Å². The van der Waals surface area contributed by atoms with E-state index in [4.69, 9.17) is 0 Å². The molecule has 1 N–H and O–H groups in total. The molecule has 19 heavy (non-hydrogen) atoms. The smallest absolute Gasteiger partial charge is 0.283 e. The molecule has 0 saturated carbocycles. The highest BCUT2D eigenvalue weighted by Crippen LogP contribution is 2.19. The van der Waals surface area contributed by atoms with Crippen molar-refractivity contribution >= 4 is 21.6 Å². The van der Waals surface area contributed by atoms with Crippen LogP contribution in [0, 0.1) is 5.41 Å². The Morgan fingerprint density at radius 3 is 2.58 bits per heavy atom.